The van der Waals surface area contributed by atoms with Crippen LogP contribution in [0, 0.1) is 0 Å². The summed E-state index contributed by atoms with van der Waals surface area (Å²) in [6.07, 6.45) is 8.03. The average molecular weight is 381 g/mol. The first-order valence-corrected chi connectivity index (χ1v) is 10.2. The SMILES string of the molecule is CSc1ccc(/C=C/C(=O)OCC(=O)N[C@@H]2CCCc3ccccc32)cc1. The van der Waals surface area contributed by atoms with Crippen molar-refractivity contribution in [1.29, 1.82) is 0 Å². The second kappa shape index (κ2) is 9.42. The summed E-state index contributed by atoms with van der Waals surface area (Å²) in [7, 11) is 0. The van der Waals surface area contributed by atoms with Gasteiger partial charge in [-0.05, 0) is 60.4 Å². The Labute approximate surface area is 164 Å². The van der Waals surface area contributed by atoms with Crippen molar-refractivity contribution in [3.8, 4) is 0 Å². The first kappa shape index (κ1) is 19.2. The van der Waals surface area contributed by atoms with Gasteiger partial charge in [-0.3, -0.25) is 4.79 Å². The predicted molar refractivity (Wildman–Crippen MR) is 108 cm³/mol. The Balaban J connectivity index is 1.47. The molecule has 5 heteroatoms. The molecule has 0 aliphatic heterocycles. The fraction of sp³-hybridized carbons (Fsp3) is 0.273. The third-order valence-electron chi connectivity index (χ3n) is 4.58. The highest BCUT2D eigenvalue weighted by molar-refractivity contribution is 7.98. The van der Waals surface area contributed by atoms with Gasteiger partial charge in [0.05, 0.1) is 6.04 Å². The molecule has 2 aromatic rings. The monoisotopic (exact) mass is 381 g/mol. The lowest BCUT2D eigenvalue weighted by Crippen LogP contribution is -2.34. The highest BCUT2D eigenvalue weighted by Crippen LogP contribution is 2.29. The Kier molecular flexibility index (Phi) is 6.71. The number of hydrogen-bond acceptors (Lipinski definition) is 4. The largest absolute Gasteiger partial charge is 0.452 e. The highest BCUT2D eigenvalue weighted by atomic mass is 32.2. The van der Waals surface area contributed by atoms with Crippen LogP contribution in [0.3, 0.4) is 0 Å². The number of fused-ring (bicyclic) bond motifs is 1. The number of carbonyl (C=O) groups is 2. The first-order chi connectivity index (χ1) is 13.2. The topological polar surface area (TPSA) is 55.4 Å². The van der Waals surface area contributed by atoms with Gasteiger partial charge in [0, 0.05) is 11.0 Å². The van der Waals surface area contributed by atoms with E-state index in [9.17, 15) is 9.59 Å². The maximum atomic E-state index is 12.2. The Bertz CT molecular complexity index is 830. The second-order valence-electron chi connectivity index (χ2n) is 6.43. The minimum absolute atomic E-state index is 0.00774. The fourth-order valence-corrected chi connectivity index (χ4v) is 3.61. The van der Waals surface area contributed by atoms with Crippen molar-refractivity contribution in [3.05, 3.63) is 71.3 Å². The molecule has 1 aliphatic carbocycles. The predicted octanol–water partition coefficient (Wildman–Crippen LogP) is 4.16. The Hall–Kier alpha value is -2.53. The molecule has 2 aromatic carbocycles. The minimum atomic E-state index is -0.525. The summed E-state index contributed by atoms with van der Waals surface area (Å²) in [4.78, 5) is 25.2. The van der Waals surface area contributed by atoms with Gasteiger partial charge in [0.1, 0.15) is 0 Å². The lowest BCUT2D eigenvalue weighted by molar-refractivity contribution is -0.144. The third-order valence-corrected chi connectivity index (χ3v) is 5.32. The molecule has 1 aliphatic rings. The molecule has 0 heterocycles. The Morgan fingerprint density at radius 2 is 1.96 bits per heavy atom. The van der Waals surface area contributed by atoms with Gasteiger partial charge in [-0.15, -0.1) is 11.8 Å². The molecule has 0 fully saturated rings. The van der Waals surface area contributed by atoms with Crippen molar-refractivity contribution >= 4 is 29.7 Å². The van der Waals surface area contributed by atoms with E-state index in [4.69, 9.17) is 4.74 Å². The molecule has 0 aromatic heterocycles. The minimum Gasteiger partial charge on any atom is -0.452 e. The van der Waals surface area contributed by atoms with E-state index in [1.54, 1.807) is 17.8 Å². The van der Waals surface area contributed by atoms with Gasteiger partial charge in [-0.2, -0.15) is 0 Å². The van der Waals surface area contributed by atoms with Crippen LogP contribution in [0.5, 0.6) is 0 Å². The number of esters is 1. The molecule has 1 atom stereocenters. The van der Waals surface area contributed by atoms with Crippen molar-refractivity contribution in [3.63, 3.8) is 0 Å². The number of ether oxygens (including phenoxy) is 1. The zero-order valence-corrected chi connectivity index (χ0v) is 16.1. The molecular formula is C22H23NO3S. The molecule has 140 valence electrons. The van der Waals surface area contributed by atoms with Crippen molar-refractivity contribution in [1.82, 2.24) is 5.32 Å². The summed E-state index contributed by atoms with van der Waals surface area (Å²) in [6, 6.07) is 16.0. The van der Waals surface area contributed by atoms with Gasteiger partial charge >= 0.3 is 5.97 Å². The van der Waals surface area contributed by atoms with E-state index in [2.05, 4.69) is 17.4 Å². The van der Waals surface area contributed by atoms with Crippen LogP contribution < -0.4 is 5.32 Å². The molecule has 1 N–H and O–H groups in total. The van der Waals surface area contributed by atoms with E-state index in [0.29, 0.717) is 0 Å². The summed E-state index contributed by atoms with van der Waals surface area (Å²) in [6.45, 7) is -0.271. The van der Waals surface area contributed by atoms with Crippen LogP contribution in [0.1, 0.15) is 35.6 Å². The van der Waals surface area contributed by atoms with E-state index >= 15 is 0 Å². The first-order valence-electron chi connectivity index (χ1n) is 9.02. The number of hydrogen-bond donors (Lipinski definition) is 1. The maximum Gasteiger partial charge on any atom is 0.331 e. The lowest BCUT2D eigenvalue weighted by atomic mass is 9.88. The van der Waals surface area contributed by atoms with Gasteiger partial charge in [0.2, 0.25) is 0 Å². The molecule has 0 bridgehead atoms. The summed E-state index contributed by atoms with van der Waals surface area (Å²) < 4.78 is 5.06. The normalized spacial score (nSPS) is 16.0. The molecule has 27 heavy (non-hydrogen) atoms. The molecule has 0 unspecified atom stereocenters. The second-order valence-corrected chi connectivity index (χ2v) is 7.30. The zero-order valence-electron chi connectivity index (χ0n) is 15.3. The van der Waals surface area contributed by atoms with E-state index < -0.39 is 5.97 Å². The summed E-state index contributed by atoms with van der Waals surface area (Å²) >= 11 is 1.66. The van der Waals surface area contributed by atoms with Crippen LogP contribution >= 0.6 is 11.8 Å². The number of aryl methyl sites for hydroxylation is 1. The van der Waals surface area contributed by atoms with Crippen molar-refractivity contribution in [2.45, 2.75) is 30.2 Å². The average Bonchev–Trinajstić information content (AvgIpc) is 2.71. The molecule has 0 saturated carbocycles. The van der Waals surface area contributed by atoms with Gasteiger partial charge in [-0.1, -0.05) is 36.4 Å². The Morgan fingerprint density at radius 3 is 2.74 bits per heavy atom. The van der Waals surface area contributed by atoms with Gasteiger partial charge in [0.25, 0.3) is 5.91 Å². The van der Waals surface area contributed by atoms with Crippen LogP contribution in [0.4, 0.5) is 0 Å². The molecule has 1 amide bonds. The molecule has 0 radical (unpaired) electrons. The van der Waals surface area contributed by atoms with Crippen molar-refractivity contribution < 1.29 is 14.3 Å². The molecule has 4 nitrogen and oxygen atoms in total. The van der Waals surface area contributed by atoms with Crippen LogP contribution in [-0.2, 0) is 20.7 Å². The number of amides is 1. The number of benzene rings is 2. The summed E-state index contributed by atoms with van der Waals surface area (Å²) in [5, 5.41) is 2.97. The molecule has 0 spiro atoms. The standard InChI is InChI=1S/C22H23NO3S/c1-27-18-12-9-16(10-13-18)11-14-22(25)26-15-21(24)23-20-8-4-6-17-5-2-3-7-19(17)20/h2-3,5,7,9-14,20H,4,6,8,15H2,1H3,(H,23,24)/b14-11+/t20-/m1/s1. The van der Waals surface area contributed by atoms with Gasteiger partial charge in [-0.25, -0.2) is 4.79 Å². The molecular weight excluding hydrogens is 358 g/mol. The summed E-state index contributed by atoms with van der Waals surface area (Å²) in [5.74, 6) is -0.800. The molecule has 0 saturated heterocycles. The fourth-order valence-electron chi connectivity index (χ4n) is 3.20. The number of nitrogens with one attached hydrogen (secondary N) is 1. The van der Waals surface area contributed by atoms with E-state index in [1.165, 1.54) is 11.6 Å². The quantitative estimate of drug-likeness (QED) is 0.464. The van der Waals surface area contributed by atoms with Crippen molar-refractivity contribution in [2.75, 3.05) is 12.9 Å². The van der Waals surface area contributed by atoms with Gasteiger partial charge < -0.3 is 10.1 Å². The summed E-state index contributed by atoms with van der Waals surface area (Å²) in [5.41, 5.74) is 3.35. The van der Waals surface area contributed by atoms with Crippen LogP contribution in [0.15, 0.2) is 59.5 Å². The smallest absolute Gasteiger partial charge is 0.331 e. The van der Waals surface area contributed by atoms with E-state index in [1.807, 2.05) is 42.7 Å². The van der Waals surface area contributed by atoms with Crippen LogP contribution in [0.2, 0.25) is 0 Å². The maximum absolute atomic E-state index is 12.2. The van der Waals surface area contributed by atoms with Crippen LogP contribution in [0.25, 0.3) is 6.08 Å². The highest BCUT2D eigenvalue weighted by Gasteiger charge is 2.21. The Morgan fingerprint density at radius 1 is 1.19 bits per heavy atom. The zero-order chi connectivity index (χ0) is 19.1. The molecule has 3 rings (SSSR count). The number of thioether (sulfide) groups is 1. The van der Waals surface area contributed by atoms with Crippen LogP contribution in [-0.4, -0.2) is 24.7 Å². The number of carbonyl (C=O) groups excluding carboxylic acids is 2. The lowest BCUT2D eigenvalue weighted by Gasteiger charge is -2.26. The van der Waals surface area contributed by atoms with Crippen molar-refractivity contribution in [2.24, 2.45) is 0 Å². The third kappa shape index (κ3) is 5.47. The number of rotatable bonds is 6. The van der Waals surface area contributed by atoms with Gasteiger partial charge in [0.15, 0.2) is 6.61 Å². The van der Waals surface area contributed by atoms with E-state index in [0.717, 1.165) is 35.3 Å². The van der Waals surface area contributed by atoms with E-state index in [-0.39, 0.29) is 18.6 Å².